The van der Waals surface area contributed by atoms with Crippen molar-refractivity contribution in [3.63, 3.8) is 0 Å². The molecule has 5 nitrogen and oxygen atoms in total. The number of nitrogens with one attached hydrogen (secondary N) is 1. The molecule has 0 radical (unpaired) electrons. The summed E-state index contributed by atoms with van der Waals surface area (Å²) in [6.07, 6.45) is 0.781. The summed E-state index contributed by atoms with van der Waals surface area (Å²) in [5, 5.41) is 3.50. The normalized spacial score (nSPS) is 9.95. The molecular formula is C13H15Cl2NO4. The smallest absolute Gasteiger partial charge is 0.305 e. The van der Waals surface area contributed by atoms with Gasteiger partial charge in [0.05, 0.1) is 7.11 Å². The van der Waals surface area contributed by atoms with Crippen LogP contribution in [0.5, 0.6) is 5.75 Å². The van der Waals surface area contributed by atoms with Crippen LogP contribution in [0, 0.1) is 0 Å². The predicted octanol–water partition coefficient (Wildman–Crippen LogP) is 2.44. The van der Waals surface area contributed by atoms with Gasteiger partial charge in [-0.2, -0.15) is 0 Å². The van der Waals surface area contributed by atoms with Gasteiger partial charge in [0.15, 0.2) is 6.61 Å². The van der Waals surface area contributed by atoms with Crippen molar-refractivity contribution in [2.75, 3.05) is 20.3 Å². The number of carbonyl (C=O) groups is 2. The highest BCUT2D eigenvalue weighted by Gasteiger charge is 2.05. The lowest BCUT2D eigenvalue weighted by Crippen LogP contribution is -2.30. The van der Waals surface area contributed by atoms with Crippen molar-refractivity contribution >= 4 is 35.1 Å². The minimum atomic E-state index is -0.302. The van der Waals surface area contributed by atoms with E-state index in [1.807, 2.05) is 0 Å². The zero-order chi connectivity index (χ0) is 15.0. The Bertz CT molecular complexity index is 459. The van der Waals surface area contributed by atoms with Gasteiger partial charge in [0.2, 0.25) is 0 Å². The third-order valence-electron chi connectivity index (χ3n) is 2.31. The lowest BCUT2D eigenvalue weighted by atomic mass is 10.3. The van der Waals surface area contributed by atoms with Gasteiger partial charge in [-0.25, -0.2) is 0 Å². The molecule has 1 N–H and O–H groups in total. The molecular weight excluding hydrogens is 305 g/mol. The minimum Gasteiger partial charge on any atom is -0.484 e. The Balaban J connectivity index is 2.24. The molecule has 0 saturated carbocycles. The minimum absolute atomic E-state index is 0.144. The van der Waals surface area contributed by atoms with Crippen molar-refractivity contribution in [2.24, 2.45) is 0 Å². The van der Waals surface area contributed by atoms with E-state index in [4.69, 9.17) is 27.9 Å². The van der Waals surface area contributed by atoms with Crippen molar-refractivity contribution in [3.8, 4) is 5.75 Å². The van der Waals surface area contributed by atoms with E-state index < -0.39 is 0 Å². The maximum atomic E-state index is 11.5. The fourth-order valence-electron chi connectivity index (χ4n) is 1.37. The molecule has 0 atom stereocenters. The van der Waals surface area contributed by atoms with Crippen molar-refractivity contribution in [2.45, 2.75) is 12.8 Å². The first-order chi connectivity index (χ1) is 9.51. The quantitative estimate of drug-likeness (QED) is 0.619. The van der Waals surface area contributed by atoms with Gasteiger partial charge in [-0.3, -0.25) is 9.59 Å². The highest BCUT2D eigenvalue weighted by atomic mass is 35.5. The molecule has 1 aromatic rings. The van der Waals surface area contributed by atoms with Crippen LogP contribution in [0.4, 0.5) is 0 Å². The van der Waals surface area contributed by atoms with E-state index in [-0.39, 0.29) is 24.9 Å². The summed E-state index contributed by atoms with van der Waals surface area (Å²) in [6, 6.07) is 4.71. The van der Waals surface area contributed by atoms with Crippen LogP contribution < -0.4 is 10.1 Å². The number of hydrogen-bond acceptors (Lipinski definition) is 4. The van der Waals surface area contributed by atoms with Crippen LogP contribution in [-0.4, -0.2) is 32.1 Å². The van der Waals surface area contributed by atoms with Gasteiger partial charge in [-0.05, 0) is 24.6 Å². The number of halogens is 2. The van der Waals surface area contributed by atoms with Crippen molar-refractivity contribution in [1.82, 2.24) is 5.32 Å². The average Bonchev–Trinajstić information content (AvgIpc) is 2.40. The molecule has 0 spiro atoms. The van der Waals surface area contributed by atoms with Gasteiger partial charge in [-0.1, -0.05) is 23.2 Å². The zero-order valence-corrected chi connectivity index (χ0v) is 12.5. The Hall–Kier alpha value is -1.46. The topological polar surface area (TPSA) is 64.6 Å². The molecule has 0 heterocycles. The standard InChI is InChI=1S/C13H15Cl2NO4/c1-19-13(18)3-2-4-16-12(17)8-20-11-6-9(14)5-10(15)7-11/h5-7H,2-4,8H2,1H3,(H,16,17). The molecule has 110 valence electrons. The summed E-state index contributed by atoms with van der Waals surface area (Å²) in [4.78, 5) is 22.3. The van der Waals surface area contributed by atoms with E-state index in [1.54, 1.807) is 18.2 Å². The van der Waals surface area contributed by atoms with Gasteiger partial charge in [0, 0.05) is 23.0 Å². The van der Waals surface area contributed by atoms with E-state index in [2.05, 4.69) is 10.1 Å². The lowest BCUT2D eigenvalue weighted by molar-refractivity contribution is -0.140. The van der Waals surface area contributed by atoms with E-state index in [1.165, 1.54) is 7.11 Å². The van der Waals surface area contributed by atoms with E-state index in [0.29, 0.717) is 28.8 Å². The third kappa shape index (κ3) is 6.63. The first-order valence-corrected chi connectivity index (χ1v) is 6.69. The fraction of sp³-hybridized carbons (Fsp3) is 0.385. The van der Waals surface area contributed by atoms with Crippen LogP contribution in [0.25, 0.3) is 0 Å². The summed E-state index contributed by atoms with van der Waals surface area (Å²) in [7, 11) is 1.32. The van der Waals surface area contributed by atoms with Gasteiger partial charge in [0.1, 0.15) is 5.75 Å². The highest BCUT2D eigenvalue weighted by molar-refractivity contribution is 6.34. The molecule has 0 aromatic heterocycles. The summed E-state index contributed by atoms with van der Waals surface area (Å²) in [6.45, 7) is 0.239. The summed E-state index contributed by atoms with van der Waals surface area (Å²) < 4.78 is 9.74. The number of benzene rings is 1. The van der Waals surface area contributed by atoms with Gasteiger partial charge in [0.25, 0.3) is 5.91 Å². The number of esters is 1. The van der Waals surface area contributed by atoms with Crippen molar-refractivity contribution < 1.29 is 19.1 Å². The number of amides is 1. The Morgan fingerprint density at radius 3 is 2.45 bits per heavy atom. The molecule has 0 unspecified atom stereocenters. The van der Waals surface area contributed by atoms with E-state index in [0.717, 1.165) is 0 Å². The van der Waals surface area contributed by atoms with Crippen LogP contribution in [0.3, 0.4) is 0 Å². The number of rotatable bonds is 7. The van der Waals surface area contributed by atoms with Crippen LogP contribution >= 0.6 is 23.2 Å². The summed E-state index contributed by atoms with van der Waals surface area (Å²) in [5.41, 5.74) is 0. The van der Waals surface area contributed by atoms with Gasteiger partial charge < -0.3 is 14.8 Å². The second-order valence-electron chi connectivity index (χ2n) is 3.92. The van der Waals surface area contributed by atoms with Gasteiger partial charge in [-0.15, -0.1) is 0 Å². The van der Waals surface area contributed by atoms with Crippen LogP contribution in [0.1, 0.15) is 12.8 Å². The van der Waals surface area contributed by atoms with E-state index in [9.17, 15) is 9.59 Å². The van der Waals surface area contributed by atoms with Gasteiger partial charge >= 0.3 is 5.97 Å². The monoisotopic (exact) mass is 319 g/mol. The maximum Gasteiger partial charge on any atom is 0.305 e. The fourth-order valence-corrected chi connectivity index (χ4v) is 1.88. The second-order valence-corrected chi connectivity index (χ2v) is 4.80. The number of methoxy groups -OCH3 is 1. The summed E-state index contributed by atoms with van der Waals surface area (Å²) >= 11 is 11.6. The lowest BCUT2D eigenvalue weighted by Gasteiger charge is -2.08. The Morgan fingerprint density at radius 1 is 1.20 bits per heavy atom. The molecule has 1 rings (SSSR count). The molecule has 0 aliphatic rings. The summed E-state index contributed by atoms with van der Waals surface area (Å²) in [5.74, 6) is -0.165. The number of carbonyl (C=O) groups excluding carboxylic acids is 2. The van der Waals surface area contributed by atoms with Crippen molar-refractivity contribution in [1.29, 1.82) is 0 Å². The average molecular weight is 320 g/mol. The molecule has 20 heavy (non-hydrogen) atoms. The Labute approximate surface area is 127 Å². The Morgan fingerprint density at radius 2 is 1.85 bits per heavy atom. The molecule has 0 saturated heterocycles. The molecule has 1 aromatic carbocycles. The largest absolute Gasteiger partial charge is 0.484 e. The molecule has 0 fully saturated rings. The van der Waals surface area contributed by atoms with Crippen LogP contribution in [0.2, 0.25) is 10.0 Å². The molecule has 1 amide bonds. The third-order valence-corrected chi connectivity index (χ3v) is 2.75. The molecule has 0 aliphatic carbocycles. The van der Waals surface area contributed by atoms with Crippen molar-refractivity contribution in [3.05, 3.63) is 28.2 Å². The number of hydrogen-bond donors (Lipinski definition) is 1. The molecule has 0 aliphatic heterocycles. The van der Waals surface area contributed by atoms with E-state index >= 15 is 0 Å². The SMILES string of the molecule is COC(=O)CCCNC(=O)COc1cc(Cl)cc(Cl)c1. The molecule has 7 heteroatoms. The first kappa shape index (κ1) is 16.6. The number of ether oxygens (including phenoxy) is 2. The van der Waals surface area contributed by atoms with Crippen LogP contribution in [0.15, 0.2) is 18.2 Å². The zero-order valence-electron chi connectivity index (χ0n) is 10.9. The Kier molecular flexibility index (Phi) is 7.18. The molecule has 0 bridgehead atoms. The second kappa shape index (κ2) is 8.66. The maximum absolute atomic E-state index is 11.5. The van der Waals surface area contributed by atoms with Crippen LogP contribution in [-0.2, 0) is 14.3 Å². The highest BCUT2D eigenvalue weighted by Crippen LogP contribution is 2.23. The predicted molar refractivity (Wildman–Crippen MR) is 76.2 cm³/mol. The first-order valence-electron chi connectivity index (χ1n) is 5.93.